The highest BCUT2D eigenvalue weighted by Gasteiger charge is 2.13. The molecule has 134 valence electrons. The lowest BCUT2D eigenvalue weighted by molar-refractivity contribution is 0.251. The summed E-state index contributed by atoms with van der Waals surface area (Å²) in [5.41, 5.74) is 4.36. The summed E-state index contributed by atoms with van der Waals surface area (Å²) in [5, 5.41) is 6.29. The van der Waals surface area contributed by atoms with Crippen molar-refractivity contribution in [1.29, 1.82) is 0 Å². The highest BCUT2D eigenvalue weighted by Crippen LogP contribution is 2.24. The van der Waals surface area contributed by atoms with E-state index in [2.05, 4.69) is 15.6 Å². The van der Waals surface area contributed by atoms with Crippen LogP contribution in [-0.2, 0) is 6.54 Å². The Morgan fingerprint density at radius 3 is 2.73 bits per heavy atom. The zero-order valence-corrected chi connectivity index (χ0v) is 15.6. The maximum absolute atomic E-state index is 12.2. The third-order valence-corrected chi connectivity index (χ3v) is 4.26. The van der Waals surface area contributed by atoms with Gasteiger partial charge in [0.2, 0.25) is 5.89 Å². The maximum Gasteiger partial charge on any atom is 0.319 e. The van der Waals surface area contributed by atoms with Crippen molar-refractivity contribution in [3.63, 3.8) is 0 Å². The van der Waals surface area contributed by atoms with Gasteiger partial charge in [-0.2, -0.15) is 0 Å². The molecule has 3 rings (SSSR count). The number of urea groups is 1. The van der Waals surface area contributed by atoms with E-state index in [0.717, 1.165) is 22.4 Å². The Bertz CT molecular complexity index is 950. The number of anilines is 1. The third kappa shape index (κ3) is 4.24. The number of hydrogen-bond donors (Lipinski definition) is 2. The van der Waals surface area contributed by atoms with Crippen molar-refractivity contribution in [2.24, 2.45) is 0 Å². The predicted molar refractivity (Wildman–Crippen MR) is 103 cm³/mol. The number of aromatic nitrogens is 1. The molecule has 3 aromatic rings. The zero-order valence-electron chi connectivity index (χ0n) is 14.9. The fraction of sp³-hybridized carbons (Fsp3) is 0.200. The Hall–Kier alpha value is -2.79. The molecule has 0 bridgehead atoms. The molecule has 1 aromatic heterocycles. The van der Waals surface area contributed by atoms with Crippen molar-refractivity contribution in [2.45, 2.75) is 27.3 Å². The van der Waals surface area contributed by atoms with E-state index < -0.39 is 0 Å². The summed E-state index contributed by atoms with van der Waals surface area (Å²) in [6.07, 6.45) is 0. The average Bonchev–Trinajstić information content (AvgIpc) is 2.97. The first-order valence-electron chi connectivity index (χ1n) is 8.27. The molecule has 6 heteroatoms. The van der Waals surface area contributed by atoms with Crippen molar-refractivity contribution < 1.29 is 9.21 Å². The van der Waals surface area contributed by atoms with Crippen LogP contribution in [0.1, 0.15) is 22.6 Å². The van der Waals surface area contributed by atoms with Crippen LogP contribution in [0.3, 0.4) is 0 Å². The largest absolute Gasteiger partial charge is 0.441 e. The predicted octanol–water partition coefficient (Wildman–Crippen LogP) is 5.24. The molecule has 0 saturated heterocycles. The molecule has 26 heavy (non-hydrogen) atoms. The van der Waals surface area contributed by atoms with E-state index in [1.165, 1.54) is 0 Å². The molecule has 0 spiro atoms. The molecule has 1 heterocycles. The number of nitrogens with zero attached hydrogens (tertiary/aromatic N) is 1. The lowest BCUT2D eigenvalue weighted by Gasteiger charge is -2.10. The van der Waals surface area contributed by atoms with Gasteiger partial charge in [-0.25, -0.2) is 9.78 Å². The smallest absolute Gasteiger partial charge is 0.319 e. The number of oxazole rings is 1. The van der Waals surface area contributed by atoms with E-state index in [4.69, 9.17) is 16.0 Å². The van der Waals surface area contributed by atoms with Gasteiger partial charge in [-0.3, -0.25) is 0 Å². The molecule has 0 aliphatic rings. The van der Waals surface area contributed by atoms with E-state index >= 15 is 0 Å². The second-order valence-electron chi connectivity index (χ2n) is 6.16. The van der Waals surface area contributed by atoms with Crippen molar-refractivity contribution in [1.82, 2.24) is 10.3 Å². The first kappa shape index (κ1) is 18.0. The molecule has 0 unspecified atom stereocenters. The highest BCUT2D eigenvalue weighted by molar-refractivity contribution is 6.30. The molecule has 0 atom stereocenters. The van der Waals surface area contributed by atoms with Crippen LogP contribution in [0.15, 0.2) is 46.9 Å². The van der Waals surface area contributed by atoms with Crippen LogP contribution in [0.5, 0.6) is 0 Å². The summed E-state index contributed by atoms with van der Waals surface area (Å²) in [6, 6.07) is 12.9. The lowest BCUT2D eigenvalue weighted by Crippen LogP contribution is -2.28. The van der Waals surface area contributed by atoms with Crippen molar-refractivity contribution in [2.75, 3.05) is 5.32 Å². The molecule has 2 N–H and O–H groups in total. The Morgan fingerprint density at radius 1 is 1.15 bits per heavy atom. The molecular weight excluding hydrogens is 350 g/mol. The number of halogens is 1. The summed E-state index contributed by atoms with van der Waals surface area (Å²) in [5.74, 6) is 1.14. The number of carbonyl (C=O) groups is 1. The summed E-state index contributed by atoms with van der Waals surface area (Å²) < 4.78 is 5.70. The molecule has 0 radical (unpaired) electrons. The monoisotopic (exact) mass is 369 g/mol. The molecule has 0 saturated carbocycles. The van der Waals surface area contributed by atoms with Gasteiger partial charge in [-0.1, -0.05) is 29.8 Å². The van der Waals surface area contributed by atoms with Gasteiger partial charge >= 0.3 is 6.03 Å². The summed E-state index contributed by atoms with van der Waals surface area (Å²) in [7, 11) is 0. The fourth-order valence-electron chi connectivity index (χ4n) is 2.54. The highest BCUT2D eigenvalue weighted by atomic mass is 35.5. The fourth-order valence-corrected chi connectivity index (χ4v) is 2.73. The summed E-state index contributed by atoms with van der Waals surface area (Å²) >= 11 is 6.01. The molecule has 2 aromatic carbocycles. The first-order chi connectivity index (χ1) is 12.4. The van der Waals surface area contributed by atoms with Crippen LogP contribution < -0.4 is 10.6 Å². The van der Waals surface area contributed by atoms with Crippen LogP contribution in [0.25, 0.3) is 11.5 Å². The Labute approximate surface area is 157 Å². The van der Waals surface area contributed by atoms with Crippen LogP contribution in [0.4, 0.5) is 10.5 Å². The number of benzene rings is 2. The number of hydrogen-bond acceptors (Lipinski definition) is 3. The summed E-state index contributed by atoms with van der Waals surface area (Å²) in [6.45, 7) is 6.03. The van der Waals surface area contributed by atoms with E-state index in [1.807, 2.05) is 51.1 Å². The first-order valence-corrected chi connectivity index (χ1v) is 8.64. The van der Waals surface area contributed by atoms with Crippen LogP contribution in [-0.4, -0.2) is 11.0 Å². The van der Waals surface area contributed by atoms with E-state index in [-0.39, 0.29) is 12.6 Å². The third-order valence-electron chi connectivity index (χ3n) is 4.02. The topological polar surface area (TPSA) is 67.2 Å². The minimum atomic E-state index is -0.287. The summed E-state index contributed by atoms with van der Waals surface area (Å²) in [4.78, 5) is 16.6. The minimum absolute atomic E-state index is 0.270. The van der Waals surface area contributed by atoms with Gasteiger partial charge in [0, 0.05) is 16.3 Å². The van der Waals surface area contributed by atoms with Gasteiger partial charge < -0.3 is 15.1 Å². The van der Waals surface area contributed by atoms with Crippen LogP contribution in [0.2, 0.25) is 5.02 Å². The molecule has 0 aliphatic carbocycles. The van der Waals surface area contributed by atoms with Crippen molar-refractivity contribution in [3.05, 3.63) is 70.1 Å². The quantitative estimate of drug-likeness (QED) is 0.660. The standard InChI is InChI=1S/C20H20ClN3O2/c1-12-7-8-13(2)17(9-12)24-20(25)22-11-18-14(3)26-19(23-18)15-5-4-6-16(21)10-15/h4-10H,11H2,1-3H3,(H2,22,24,25). The maximum atomic E-state index is 12.2. The molecule has 2 amide bonds. The number of aryl methyl sites for hydroxylation is 3. The van der Waals surface area contributed by atoms with Gasteiger partial charge in [0.15, 0.2) is 0 Å². The Kier molecular flexibility index (Phi) is 5.28. The second kappa shape index (κ2) is 7.62. The molecule has 0 fully saturated rings. The van der Waals surface area contributed by atoms with Crippen molar-refractivity contribution >= 4 is 23.3 Å². The minimum Gasteiger partial charge on any atom is -0.441 e. The zero-order chi connectivity index (χ0) is 18.7. The Morgan fingerprint density at radius 2 is 1.96 bits per heavy atom. The van der Waals surface area contributed by atoms with Gasteiger partial charge in [0.05, 0.1) is 6.54 Å². The average molecular weight is 370 g/mol. The number of rotatable bonds is 4. The molecule has 5 nitrogen and oxygen atoms in total. The van der Waals surface area contributed by atoms with Gasteiger partial charge in [-0.15, -0.1) is 0 Å². The lowest BCUT2D eigenvalue weighted by atomic mass is 10.1. The van der Waals surface area contributed by atoms with Gasteiger partial charge in [0.25, 0.3) is 0 Å². The normalized spacial score (nSPS) is 10.6. The van der Waals surface area contributed by atoms with Crippen LogP contribution >= 0.6 is 11.6 Å². The van der Waals surface area contributed by atoms with Crippen LogP contribution in [0, 0.1) is 20.8 Å². The number of nitrogens with one attached hydrogen (secondary N) is 2. The van der Waals surface area contributed by atoms with Gasteiger partial charge in [0.1, 0.15) is 11.5 Å². The van der Waals surface area contributed by atoms with Crippen molar-refractivity contribution in [3.8, 4) is 11.5 Å². The molecule has 0 aliphatic heterocycles. The second-order valence-corrected chi connectivity index (χ2v) is 6.59. The number of carbonyl (C=O) groups excluding carboxylic acids is 1. The van der Waals surface area contributed by atoms with E-state index in [1.54, 1.807) is 12.1 Å². The Balaban J connectivity index is 1.66. The van der Waals surface area contributed by atoms with E-state index in [9.17, 15) is 4.79 Å². The van der Waals surface area contributed by atoms with Gasteiger partial charge in [-0.05, 0) is 56.2 Å². The SMILES string of the molecule is Cc1ccc(C)c(NC(=O)NCc2nc(-c3cccc(Cl)c3)oc2C)c1. The molecular formula is C20H20ClN3O2. The number of amides is 2. The van der Waals surface area contributed by atoms with E-state index in [0.29, 0.717) is 22.4 Å².